The topological polar surface area (TPSA) is 44.5 Å². The van der Waals surface area contributed by atoms with Crippen LogP contribution in [0.1, 0.15) is 18.5 Å². The van der Waals surface area contributed by atoms with Crippen LogP contribution in [-0.2, 0) is 4.74 Å². The number of rotatable bonds is 6. The van der Waals surface area contributed by atoms with E-state index in [9.17, 15) is 13.2 Å². The first-order valence-electron chi connectivity index (χ1n) is 5.62. The molecule has 0 spiro atoms. The molecule has 1 aromatic carbocycles. The Hall–Kier alpha value is -0.980. The SMILES string of the molecule is C[C@H](N)c1ccc(OCCOCC(F)(F)F)c(Cl)c1. The van der Waals surface area contributed by atoms with Crippen molar-refractivity contribution in [3.63, 3.8) is 0 Å². The molecular weight excluding hydrogens is 283 g/mol. The fourth-order valence-electron chi connectivity index (χ4n) is 1.32. The van der Waals surface area contributed by atoms with Gasteiger partial charge in [0, 0.05) is 6.04 Å². The molecule has 1 atom stereocenters. The fourth-order valence-corrected chi connectivity index (χ4v) is 1.56. The smallest absolute Gasteiger partial charge is 0.411 e. The minimum Gasteiger partial charge on any atom is -0.490 e. The summed E-state index contributed by atoms with van der Waals surface area (Å²) in [5.74, 6) is 0.390. The molecule has 19 heavy (non-hydrogen) atoms. The van der Waals surface area contributed by atoms with Gasteiger partial charge in [-0.15, -0.1) is 0 Å². The highest BCUT2D eigenvalue weighted by Gasteiger charge is 2.27. The van der Waals surface area contributed by atoms with Crippen molar-refractivity contribution in [1.82, 2.24) is 0 Å². The predicted octanol–water partition coefficient (Wildman–Crippen LogP) is 3.32. The van der Waals surface area contributed by atoms with Crippen molar-refractivity contribution >= 4 is 11.6 Å². The quantitative estimate of drug-likeness (QED) is 0.819. The summed E-state index contributed by atoms with van der Waals surface area (Å²) in [6.45, 7) is 0.364. The van der Waals surface area contributed by atoms with Crippen LogP contribution in [0, 0.1) is 0 Å². The molecule has 0 unspecified atom stereocenters. The molecule has 1 rings (SSSR count). The van der Waals surface area contributed by atoms with Gasteiger partial charge in [0.2, 0.25) is 0 Å². The normalized spacial score (nSPS) is 13.4. The van der Waals surface area contributed by atoms with E-state index < -0.39 is 12.8 Å². The van der Waals surface area contributed by atoms with Gasteiger partial charge in [0.15, 0.2) is 0 Å². The number of alkyl halides is 3. The molecule has 3 nitrogen and oxygen atoms in total. The van der Waals surface area contributed by atoms with E-state index in [1.165, 1.54) is 0 Å². The minimum atomic E-state index is -4.32. The second-order valence-electron chi connectivity index (χ2n) is 3.99. The number of nitrogens with two attached hydrogens (primary N) is 1. The molecule has 1 aromatic rings. The molecular formula is C12H15ClF3NO2. The molecule has 0 amide bonds. The molecule has 7 heteroatoms. The molecule has 0 fully saturated rings. The van der Waals surface area contributed by atoms with Crippen LogP contribution in [-0.4, -0.2) is 26.0 Å². The molecule has 0 aliphatic rings. The summed E-state index contributed by atoms with van der Waals surface area (Å²) in [6, 6.07) is 4.90. The van der Waals surface area contributed by atoms with E-state index in [4.69, 9.17) is 22.1 Å². The Kier molecular flexibility index (Phi) is 5.90. The van der Waals surface area contributed by atoms with Crippen LogP contribution in [0.3, 0.4) is 0 Å². The molecule has 0 aliphatic heterocycles. The molecule has 0 aromatic heterocycles. The Balaban J connectivity index is 2.38. The zero-order chi connectivity index (χ0) is 14.5. The number of halogens is 4. The van der Waals surface area contributed by atoms with Crippen LogP contribution in [0.25, 0.3) is 0 Å². The van der Waals surface area contributed by atoms with Crippen molar-refractivity contribution in [1.29, 1.82) is 0 Å². The summed E-state index contributed by atoms with van der Waals surface area (Å²) in [5, 5.41) is 0.366. The van der Waals surface area contributed by atoms with Crippen LogP contribution in [0.4, 0.5) is 13.2 Å². The van der Waals surface area contributed by atoms with Gasteiger partial charge in [0.1, 0.15) is 19.0 Å². The van der Waals surface area contributed by atoms with Gasteiger partial charge in [-0.1, -0.05) is 17.7 Å². The van der Waals surface area contributed by atoms with Crippen LogP contribution >= 0.6 is 11.6 Å². The van der Waals surface area contributed by atoms with Crippen molar-refractivity contribution in [2.75, 3.05) is 19.8 Å². The van der Waals surface area contributed by atoms with Gasteiger partial charge in [0.05, 0.1) is 11.6 Å². The molecule has 0 aliphatic carbocycles. The summed E-state index contributed by atoms with van der Waals surface area (Å²) >= 11 is 5.96. The maximum absolute atomic E-state index is 11.8. The lowest BCUT2D eigenvalue weighted by atomic mass is 10.1. The van der Waals surface area contributed by atoms with Crippen LogP contribution in [0.2, 0.25) is 5.02 Å². The summed E-state index contributed by atoms with van der Waals surface area (Å²) < 4.78 is 45.0. The maximum Gasteiger partial charge on any atom is 0.411 e. The van der Waals surface area contributed by atoms with Crippen LogP contribution in [0.5, 0.6) is 5.75 Å². The standard InChI is InChI=1S/C12H15ClF3NO2/c1-8(17)9-2-3-11(10(13)6-9)19-5-4-18-7-12(14,15)16/h2-3,6,8H,4-5,7,17H2,1H3/t8-/m0/s1. The molecule has 0 bridgehead atoms. The van der Waals surface area contributed by atoms with Gasteiger partial charge in [-0.2, -0.15) is 13.2 Å². The highest BCUT2D eigenvalue weighted by Crippen LogP contribution is 2.27. The van der Waals surface area contributed by atoms with Crippen LogP contribution in [0.15, 0.2) is 18.2 Å². The Morgan fingerprint density at radius 1 is 1.32 bits per heavy atom. The van der Waals surface area contributed by atoms with Gasteiger partial charge < -0.3 is 15.2 Å². The number of ether oxygens (including phenoxy) is 2. The predicted molar refractivity (Wildman–Crippen MR) is 66.4 cm³/mol. The van der Waals surface area contributed by atoms with E-state index in [0.717, 1.165) is 5.56 Å². The number of benzene rings is 1. The lowest BCUT2D eigenvalue weighted by molar-refractivity contribution is -0.175. The fraction of sp³-hybridized carbons (Fsp3) is 0.500. The maximum atomic E-state index is 11.8. The minimum absolute atomic E-state index is 0.00662. The first kappa shape index (κ1) is 16.1. The molecule has 2 N–H and O–H groups in total. The third-order valence-electron chi connectivity index (χ3n) is 2.23. The average Bonchev–Trinajstić information content (AvgIpc) is 2.28. The van der Waals surface area contributed by atoms with Crippen molar-refractivity contribution < 1.29 is 22.6 Å². The number of hydrogen-bond donors (Lipinski definition) is 1. The molecule has 0 saturated carbocycles. The van der Waals surface area contributed by atoms with E-state index in [2.05, 4.69) is 4.74 Å². The zero-order valence-electron chi connectivity index (χ0n) is 10.3. The van der Waals surface area contributed by atoms with E-state index in [-0.39, 0.29) is 19.3 Å². The van der Waals surface area contributed by atoms with E-state index in [0.29, 0.717) is 10.8 Å². The second-order valence-corrected chi connectivity index (χ2v) is 4.40. The Morgan fingerprint density at radius 2 is 2.00 bits per heavy atom. The summed E-state index contributed by atoms with van der Waals surface area (Å²) in [4.78, 5) is 0. The van der Waals surface area contributed by atoms with Crippen molar-refractivity contribution in [3.8, 4) is 5.75 Å². The largest absolute Gasteiger partial charge is 0.490 e. The van der Waals surface area contributed by atoms with Gasteiger partial charge in [-0.3, -0.25) is 0 Å². The van der Waals surface area contributed by atoms with E-state index in [1.807, 2.05) is 6.92 Å². The highest BCUT2D eigenvalue weighted by atomic mass is 35.5. The average molecular weight is 298 g/mol. The Labute approximate surface area is 114 Å². The third kappa shape index (κ3) is 6.13. The summed E-state index contributed by atoms with van der Waals surface area (Å²) in [7, 11) is 0. The first-order valence-corrected chi connectivity index (χ1v) is 5.99. The molecule has 0 radical (unpaired) electrons. The van der Waals surface area contributed by atoms with Crippen LogP contribution < -0.4 is 10.5 Å². The summed E-state index contributed by atoms with van der Waals surface area (Å²) in [5.41, 5.74) is 6.54. The lowest BCUT2D eigenvalue weighted by Crippen LogP contribution is -2.19. The first-order chi connectivity index (χ1) is 8.79. The van der Waals surface area contributed by atoms with E-state index >= 15 is 0 Å². The van der Waals surface area contributed by atoms with Crippen molar-refractivity contribution in [2.45, 2.75) is 19.1 Å². The van der Waals surface area contributed by atoms with Gasteiger partial charge >= 0.3 is 6.18 Å². The van der Waals surface area contributed by atoms with Gasteiger partial charge in [0.25, 0.3) is 0 Å². The molecule has 0 heterocycles. The van der Waals surface area contributed by atoms with E-state index in [1.54, 1.807) is 18.2 Å². The summed E-state index contributed by atoms with van der Waals surface area (Å²) in [6.07, 6.45) is -4.32. The van der Waals surface area contributed by atoms with Crippen molar-refractivity contribution in [3.05, 3.63) is 28.8 Å². The third-order valence-corrected chi connectivity index (χ3v) is 2.53. The lowest BCUT2D eigenvalue weighted by Gasteiger charge is -2.12. The monoisotopic (exact) mass is 297 g/mol. The second kappa shape index (κ2) is 6.98. The number of hydrogen-bond acceptors (Lipinski definition) is 3. The Morgan fingerprint density at radius 3 is 2.53 bits per heavy atom. The highest BCUT2D eigenvalue weighted by molar-refractivity contribution is 6.32. The zero-order valence-corrected chi connectivity index (χ0v) is 11.1. The van der Waals surface area contributed by atoms with Gasteiger partial charge in [-0.05, 0) is 24.6 Å². The molecule has 0 saturated heterocycles. The Bertz CT molecular complexity index is 410. The van der Waals surface area contributed by atoms with Gasteiger partial charge in [-0.25, -0.2) is 0 Å². The van der Waals surface area contributed by atoms with Crippen molar-refractivity contribution in [2.24, 2.45) is 5.73 Å². The molecule has 108 valence electrons.